The van der Waals surface area contributed by atoms with Gasteiger partial charge in [0.15, 0.2) is 0 Å². The minimum absolute atomic E-state index is 0.216. The van der Waals surface area contributed by atoms with Crippen molar-refractivity contribution in [2.75, 3.05) is 13.1 Å². The van der Waals surface area contributed by atoms with E-state index in [1.54, 1.807) is 12.5 Å². The maximum atomic E-state index is 12.0. The van der Waals surface area contributed by atoms with Crippen molar-refractivity contribution in [1.82, 2.24) is 10.6 Å². The molecular formula is C13H18N2O2. The number of carbonyl (C=O) groups is 1. The van der Waals surface area contributed by atoms with Crippen LogP contribution < -0.4 is 10.6 Å². The Balaban J connectivity index is 1.51. The van der Waals surface area contributed by atoms with Crippen LogP contribution in [-0.2, 0) is 11.3 Å². The van der Waals surface area contributed by atoms with Gasteiger partial charge in [0, 0.05) is 18.0 Å². The Morgan fingerprint density at radius 2 is 2.35 bits per heavy atom. The highest BCUT2D eigenvalue weighted by Gasteiger charge is 2.57. The van der Waals surface area contributed by atoms with Crippen LogP contribution in [0.4, 0.5) is 0 Å². The minimum Gasteiger partial charge on any atom is -0.472 e. The highest BCUT2D eigenvalue weighted by atomic mass is 16.3. The zero-order valence-corrected chi connectivity index (χ0v) is 9.87. The lowest BCUT2D eigenvalue weighted by Gasteiger charge is -2.23. The summed E-state index contributed by atoms with van der Waals surface area (Å²) < 4.78 is 4.97. The largest absolute Gasteiger partial charge is 0.472 e. The number of amides is 1. The van der Waals surface area contributed by atoms with Crippen molar-refractivity contribution in [3.63, 3.8) is 0 Å². The van der Waals surface area contributed by atoms with Gasteiger partial charge in [0.05, 0.1) is 12.5 Å². The van der Waals surface area contributed by atoms with Gasteiger partial charge in [0.1, 0.15) is 0 Å². The summed E-state index contributed by atoms with van der Waals surface area (Å²) >= 11 is 0. The molecule has 2 fully saturated rings. The van der Waals surface area contributed by atoms with Gasteiger partial charge in [-0.3, -0.25) is 4.79 Å². The summed E-state index contributed by atoms with van der Waals surface area (Å²) in [6, 6.07) is 1.88. The summed E-state index contributed by atoms with van der Waals surface area (Å²) in [5.41, 5.74) is 1.35. The summed E-state index contributed by atoms with van der Waals surface area (Å²) in [6.45, 7) is 2.71. The molecule has 4 heteroatoms. The van der Waals surface area contributed by atoms with Crippen molar-refractivity contribution in [2.45, 2.75) is 25.8 Å². The lowest BCUT2D eigenvalue weighted by atomic mass is 9.92. The Kier molecular flexibility index (Phi) is 2.67. The smallest absolute Gasteiger partial charge is 0.223 e. The first-order valence-electron chi connectivity index (χ1n) is 6.30. The third-order valence-corrected chi connectivity index (χ3v) is 4.15. The quantitative estimate of drug-likeness (QED) is 0.828. The van der Waals surface area contributed by atoms with E-state index < -0.39 is 0 Å². The number of furan rings is 1. The third kappa shape index (κ3) is 2.09. The molecule has 1 unspecified atom stereocenters. The average Bonchev–Trinajstić information content (AvgIpc) is 2.82. The second kappa shape index (κ2) is 4.18. The SMILES string of the molecule is O=C(NCc1ccoc1)C1CC12CCNCC2. The lowest BCUT2D eigenvalue weighted by molar-refractivity contribution is -0.123. The van der Waals surface area contributed by atoms with Crippen LogP contribution in [0.25, 0.3) is 0 Å². The zero-order chi connectivity index (χ0) is 11.7. The van der Waals surface area contributed by atoms with Crippen LogP contribution in [0.3, 0.4) is 0 Å². The predicted octanol–water partition coefficient (Wildman–Crippen LogP) is 1.29. The molecule has 1 spiro atoms. The van der Waals surface area contributed by atoms with Gasteiger partial charge in [-0.1, -0.05) is 0 Å². The second-order valence-electron chi connectivity index (χ2n) is 5.22. The molecule has 0 bridgehead atoms. The van der Waals surface area contributed by atoms with Crippen LogP contribution in [0.5, 0.6) is 0 Å². The van der Waals surface area contributed by atoms with E-state index in [1.165, 1.54) is 0 Å². The molecule has 2 N–H and O–H groups in total. The molecule has 2 heterocycles. The van der Waals surface area contributed by atoms with E-state index in [1.807, 2.05) is 6.07 Å². The summed E-state index contributed by atoms with van der Waals surface area (Å²) in [4.78, 5) is 12.0. The fraction of sp³-hybridized carbons (Fsp3) is 0.615. The first-order chi connectivity index (χ1) is 8.30. The molecule has 92 valence electrons. The first kappa shape index (κ1) is 10.8. The fourth-order valence-corrected chi connectivity index (χ4v) is 2.90. The molecule has 1 atom stereocenters. The Hall–Kier alpha value is -1.29. The van der Waals surface area contributed by atoms with Crippen LogP contribution in [0, 0.1) is 11.3 Å². The summed E-state index contributed by atoms with van der Waals surface area (Å²) in [5, 5.41) is 6.35. The van der Waals surface area contributed by atoms with Gasteiger partial charge in [-0.15, -0.1) is 0 Å². The maximum Gasteiger partial charge on any atom is 0.223 e. The van der Waals surface area contributed by atoms with Crippen LogP contribution >= 0.6 is 0 Å². The molecule has 1 aromatic rings. The van der Waals surface area contributed by atoms with Gasteiger partial charge >= 0.3 is 0 Å². The molecule has 1 saturated heterocycles. The summed E-state index contributed by atoms with van der Waals surface area (Å²) in [5.74, 6) is 0.463. The van der Waals surface area contributed by atoms with Crippen molar-refractivity contribution in [3.05, 3.63) is 24.2 Å². The zero-order valence-electron chi connectivity index (χ0n) is 9.87. The highest BCUT2D eigenvalue weighted by molar-refractivity contribution is 5.82. The van der Waals surface area contributed by atoms with Gasteiger partial charge < -0.3 is 15.1 Å². The molecule has 2 aliphatic rings. The van der Waals surface area contributed by atoms with Crippen molar-refractivity contribution < 1.29 is 9.21 Å². The van der Waals surface area contributed by atoms with Crippen molar-refractivity contribution in [1.29, 1.82) is 0 Å². The Bertz CT molecular complexity index is 394. The van der Waals surface area contributed by atoms with E-state index in [9.17, 15) is 4.79 Å². The van der Waals surface area contributed by atoms with Crippen LogP contribution in [0.15, 0.2) is 23.0 Å². The molecule has 0 aromatic carbocycles. The lowest BCUT2D eigenvalue weighted by Crippen LogP contribution is -2.33. The molecule has 0 radical (unpaired) electrons. The van der Waals surface area contributed by atoms with E-state index in [4.69, 9.17) is 4.42 Å². The predicted molar refractivity (Wildman–Crippen MR) is 63.2 cm³/mol. The van der Waals surface area contributed by atoms with Crippen molar-refractivity contribution >= 4 is 5.91 Å². The van der Waals surface area contributed by atoms with E-state index in [0.29, 0.717) is 12.0 Å². The number of hydrogen-bond donors (Lipinski definition) is 2. The van der Waals surface area contributed by atoms with Gasteiger partial charge in [-0.25, -0.2) is 0 Å². The number of rotatable bonds is 3. The number of carbonyl (C=O) groups excluding carboxylic acids is 1. The van der Waals surface area contributed by atoms with Crippen LogP contribution in [0.1, 0.15) is 24.8 Å². The van der Waals surface area contributed by atoms with Crippen molar-refractivity contribution in [3.8, 4) is 0 Å². The van der Waals surface area contributed by atoms with Gasteiger partial charge in [0.2, 0.25) is 5.91 Å². The average molecular weight is 234 g/mol. The Morgan fingerprint density at radius 1 is 1.53 bits per heavy atom. The van der Waals surface area contributed by atoms with Crippen molar-refractivity contribution in [2.24, 2.45) is 11.3 Å². The Labute approximate surface area is 101 Å². The van der Waals surface area contributed by atoms with E-state index >= 15 is 0 Å². The fourth-order valence-electron chi connectivity index (χ4n) is 2.90. The number of nitrogens with one attached hydrogen (secondary N) is 2. The molecule has 1 aliphatic carbocycles. The molecule has 1 aromatic heterocycles. The Morgan fingerprint density at radius 3 is 3.06 bits per heavy atom. The third-order valence-electron chi connectivity index (χ3n) is 4.15. The highest BCUT2D eigenvalue weighted by Crippen LogP contribution is 2.58. The molecule has 1 amide bonds. The van der Waals surface area contributed by atoms with E-state index in [0.717, 1.165) is 37.9 Å². The van der Waals surface area contributed by atoms with Gasteiger partial charge in [-0.05, 0) is 43.8 Å². The molecule has 1 saturated carbocycles. The topological polar surface area (TPSA) is 54.3 Å². The number of piperidine rings is 1. The minimum atomic E-state index is 0.216. The van der Waals surface area contributed by atoms with Gasteiger partial charge in [0.25, 0.3) is 0 Å². The van der Waals surface area contributed by atoms with Gasteiger partial charge in [-0.2, -0.15) is 0 Å². The summed E-state index contributed by atoms with van der Waals surface area (Å²) in [7, 11) is 0. The summed E-state index contributed by atoms with van der Waals surface area (Å²) in [6.07, 6.45) is 6.68. The molecule has 1 aliphatic heterocycles. The van der Waals surface area contributed by atoms with Crippen LogP contribution in [0.2, 0.25) is 0 Å². The number of hydrogen-bond acceptors (Lipinski definition) is 3. The maximum absolute atomic E-state index is 12.0. The van der Waals surface area contributed by atoms with Crippen LogP contribution in [-0.4, -0.2) is 19.0 Å². The molecule has 17 heavy (non-hydrogen) atoms. The second-order valence-corrected chi connectivity index (χ2v) is 5.22. The molecule has 3 rings (SSSR count). The van der Waals surface area contributed by atoms with E-state index in [-0.39, 0.29) is 11.8 Å². The normalized spacial score (nSPS) is 25.8. The molecule has 4 nitrogen and oxygen atoms in total. The standard InChI is InChI=1S/C13H18N2O2/c16-12(15-8-10-1-6-17-9-10)11-7-13(11)2-4-14-5-3-13/h1,6,9,11,14H,2-5,7-8H2,(H,15,16). The van der Waals surface area contributed by atoms with E-state index in [2.05, 4.69) is 10.6 Å². The molecular weight excluding hydrogens is 216 g/mol. The first-order valence-corrected chi connectivity index (χ1v) is 6.30. The monoisotopic (exact) mass is 234 g/mol.